The number of ketones is 1. The van der Waals surface area contributed by atoms with Crippen molar-refractivity contribution < 1.29 is 22.8 Å². The molecule has 4 rings (SSSR count). The second kappa shape index (κ2) is 8.65. The first-order valence-electron chi connectivity index (χ1n) is 11.1. The van der Waals surface area contributed by atoms with Crippen LogP contribution in [-0.4, -0.2) is 39.3 Å². The van der Waals surface area contributed by atoms with E-state index in [1.807, 2.05) is 6.07 Å². The van der Waals surface area contributed by atoms with E-state index < -0.39 is 17.8 Å². The summed E-state index contributed by atoms with van der Waals surface area (Å²) in [6.07, 6.45) is 2.65. The van der Waals surface area contributed by atoms with Gasteiger partial charge in [0.2, 0.25) is 0 Å². The van der Waals surface area contributed by atoms with Crippen LogP contribution in [0.5, 0.6) is 0 Å². The zero-order valence-electron chi connectivity index (χ0n) is 18.5. The molecule has 2 aromatic heterocycles. The third-order valence-corrected chi connectivity index (χ3v) is 6.34. The van der Waals surface area contributed by atoms with E-state index in [0.717, 1.165) is 25.3 Å². The highest BCUT2D eigenvalue weighted by atomic mass is 19.4. The van der Waals surface area contributed by atoms with E-state index in [1.165, 1.54) is 17.9 Å². The van der Waals surface area contributed by atoms with Gasteiger partial charge in [0.1, 0.15) is 23.1 Å². The molecule has 1 saturated carbocycles. The van der Waals surface area contributed by atoms with Gasteiger partial charge in [0, 0.05) is 12.5 Å². The van der Waals surface area contributed by atoms with Crippen molar-refractivity contribution in [2.45, 2.75) is 51.6 Å². The van der Waals surface area contributed by atoms with E-state index in [0.29, 0.717) is 28.3 Å². The van der Waals surface area contributed by atoms with Gasteiger partial charge in [0.25, 0.3) is 5.91 Å². The third kappa shape index (κ3) is 4.80. The number of carbonyl (C=O) groups is 2. The Morgan fingerprint density at radius 3 is 2.52 bits per heavy atom. The van der Waals surface area contributed by atoms with Crippen LogP contribution in [0.25, 0.3) is 5.52 Å². The zero-order valence-corrected chi connectivity index (χ0v) is 18.5. The maximum absolute atomic E-state index is 13.8. The standard InChI is InChI=1S/C24H25F3N4O2/c1-14-8-16(9-14)4-3-7-30(13-15(2)32)23(33)22-19(12-28)20-10-18(17-5-6-17)11-21(24(25,26)27)31(20)29-22/h5-6,10-11,14,16-17H,3-4,7-9,13H2,1-2H3. The topological polar surface area (TPSA) is 78.5 Å². The monoisotopic (exact) mass is 458 g/mol. The zero-order chi connectivity index (χ0) is 23.9. The lowest BCUT2D eigenvalue weighted by Gasteiger charge is -2.33. The molecule has 0 unspecified atom stereocenters. The van der Waals surface area contributed by atoms with Crippen molar-refractivity contribution in [1.29, 1.82) is 5.26 Å². The summed E-state index contributed by atoms with van der Waals surface area (Å²) < 4.78 is 41.9. The maximum atomic E-state index is 13.8. The first-order chi connectivity index (χ1) is 15.6. The summed E-state index contributed by atoms with van der Waals surface area (Å²) in [5.74, 6) is 0.135. The van der Waals surface area contributed by atoms with E-state index in [9.17, 15) is 28.0 Å². The number of nitriles is 1. The maximum Gasteiger partial charge on any atom is 0.433 e. The highest BCUT2D eigenvalue weighted by molar-refractivity contribution is 5.99. The van der Waals surface area contributed by atoms with E-state index in [-0.39, 0.29) is 41.6 Å². The number of halogens is 3. The van der Waals surface area contributed by atoms with Crippen LogP contribution in [0.15, 0.2) is 24.3 Å². The Morgan fingerprint density at radius 2 is 1.97 bits per heavy atom. The molecule has 1 amide bonds. The first-order valence-corrected chi connectivity index (χ1v) is 11.1. The second-order valence-corrected chi connectivity index (χ2v) is 9.23. The lowest BCUT2D eigenvalue weighted by molar-refractivity contribution is -0.142. The quantitative estimate of drug-likeness (QED) is 0.536. The molecule has 0 spiro atoms. The van der Waals surface area contributed by atoms with Gasteiger partial charge >= 0.3 is 6.18 Å². The van der Waals surface area contributed by atoms with Crippen molar-refractivity contribution in [3.63, 3.8) is 0 Å². The molecule has 2 aliphatic carbocycles. The molecule has 2 aliphatic rings. The number of nitrogens with zero attached hydrogens (tertiary/aromatic N) is 4. The number of carbonyl (C=O) groups excluding carboxylic acids is 2. The van der Waals surface area contributed by atoms with Gasteiger partial charge in [0.15, 0.2) is 5.69 Å². The average molecular weight is 458 g/mol. The van der Waals surface area contributed by atoms with E-state index in [4.69, 9.17) is 0 Å². The molecule has 33 heavy (non-hydrogen) atoms. The molecule has 0 atom stereocenters. The fourth-order valence-corrected chi connectivity index (χ4v) is 4.65. The van der Waals surface area contributed by atoms with Crippen molar-refractivity contribution in [3.8, 4) is 6.07 Å². The van der Waals surface area contributed by atoms with Crippen LogP contribution in [0.1, 0.15) is 72.8 Å². The molecule has 0 bridgehead atoms. The molecule has 1 fully saturated rings. The van der Waals surface area contributed by atoms with Gasteiger partial charge in [-0.15, -0.1) is 0 Å². The van der Waals surface area contributed by atoms with Crippen LogP contribution in [-0.2, 0) is 11.0 Å². The molecule has 0 N–H and O–H groups in total. The third-order valence-electron chi connectivity index (χ3n) is 6.34. The van der Waals surface area contributed by atoms with Crippen LogP contribution in [0.3, 0.4) is 0 Å². The minimum atomic E-state index is -4.72. The number of hydrogen-bond acceptors (Lipinski definition) is 4. The van der Waals surface area contributed by atoms with Crippen molar-refractivity contribution in [1.82, 2.24) is 14.5 Å². The Morgan fingerprint density at radius 1 is 1.27 bits per heavy atom. The van der Waals surface area contributed by atoms with Crippen LogP contribution >= 0.6 is 0 Å². The highest BCUT2D eigenvalue weighted by Gasteiger charge is 2.37. The van der Waals surface area contributed by atoms with Crippen LogP contribution in [0, 0.1) is 23.2 Å². The second-order valence-electron chi connectivity index (χ2n) is 9.23. The summed E-state index contributed by atoms with van der Waals surface area (Å²) in [5, 5.41) is 13.7. The number of fused-ring (bicyclic) bond motifs is 1. The summed E-state index contributed by atoms with van der Waals surface area (Å²) in [7, 11) is 0. The van der Waals surface area contributed by atoms with Crippen molar-refractivity contribution >= 4 is 17.2 Å². The number of allylic oxidation sites excluding steroid dienone is 2. The van der Waals surface area contributed by atoms with Gasteiger partial charge in [-0.3, -0.25) is 9.59 Å². The lowest BCUT2D eigenvalue weighted by Crippen LogP contribution is -2.37. The number of rotatable bonds is 8. The smallest absolute Gasteiger partial charge is 0.330 e. The predicted molar refractivity (Wildman–Crippen MR) is 114 cm³/mol. The van der Waals surface area contributed by atoms with Gasteiger partial charge in [-0.1, -0.05) is 19.1 Å². The van der Waals surface area contributed by atoms with Gasteiger partial charge in [0.05, 0.1) is 12.1 Å². The van der Waals surface area contributed by atoms with E-state index >= 15 is 0 Å². The summed E-state index contributed by atoms with van der Waals surface area (Å²) in [5.41, 5.74) is -1.29. The number of amides is 1. The fourth-order valence-electron chi connectivity index (χ4n) is 4.65. The Balaban J connectivity index is 1.67. The number of Topliss-reactive ketones (excluding diaryl/α,β-unsaturated/α-hetero) is 1. The molecule has 6 nitrogen and oxygen atoms in total. The van der Waals surface area contributed by atoms with Crippen molar-refractivity contribution in [2.24, 2.45) is 11.8 Å². The average Bonchev–Trinajstić information content (AvgIpc) is 3.49. The van der Waals surface area contributed by atoms with E-state index in [1.54, 1.807) is 12.2 Å². The normalized spacial score (nSPS) is 19.9. The number of alkyl halides is 3. The fraction of sp³-hybridized carbons (Fsp3) is 0.500. The van der Waals surface area contributed by atoms with Crippen LogP contribution in [0.2, 0.25) is 0 Å². The molecule has 2 aromatic rings. The molecule has 174 valence electrons. The summed E-state index contributed by atoms with van der Waals surface area (Å²) in [6.45, 7) is 3.64. The SMILES string of the molecule is CC(=O)CN(CCCC1CC(C)C1)C(=O)c1nn2c(C(F)(F)F)cc(C3C=C3)cc2c1C#N. The molecule has 0 saturated heterocycles. The number of hydrogen-bond donors (Lipinski definition) is 0. The first kappa shape index (κ1) is 23.0. The van der Waals surface area contributed by atoms with Gasteiger partial charge in [-0.25, -0.2) is 4.52 Å². The van der Waals surface area contributed by atoms with Gasteiger partial charge in [-0.2, -0.15) is 23.5 Å². The molecule has 0 radical (unpaired) electrons. The summed E-state index contributed by atoms with van der Waals surface area (Å²) in [4.78, 5) is 26.4. The Labute approximate surface area is 189 Å². The molecular formula is C24H25F3N4O2. The predicted octanol–water partition coefficient (Wildman–Crippen LogP) is 4.74. The highest BCUT2D eigenvalue weighted by Crippen LogP contribution is 2.38. The minimum absolute atomic E-state index is 0.0643. The lowest BCUT2D eigenvalue weighted by atomic mass is 9.74. The number of pyridine rings is 1. The molecular weight excluding hydrogens is 433 g/mol. The molecule has 2 heterocycles. The van der Waals surface area contributed by atoms with Crippen molar-refractivity contribution in [2.75, 3.05) is 13.1 Å². The van der Waals surface area contributed by atoms with E-state index in [2.05, 4.69) is 12.0 Å². The van der Waals surface area contributed by atoms with Gasteiger partial charge < -0.3 is 4.90 Å². The van der Waals surface area contributed by atoms with Crippen LogP contribution in [0.4, 0.5) is 13.2 Å². The minimum Gasteiger partial charge on any atom is -0.330 e. The molecule has 0 aliphatic heterocycles. The molecule has 9 heteroatoms. The van der Waals surface area contributed by atoms with Gasteiger partial charge in [-0.05, 0) is 62.1 Å². The number of aromatic nitrogens is 2. The largest absolute Gasteiger partial charge is 0.433 e. The molecule has 0 aromatic carbocycles. The van der Waals surface area contributed by atoms with Crippen molar-refractivity contribution in [3.05, 3.63) is 46.8 Å². The Hall–Kier alpha value is -3.15. The Bertz CT molecular complexity index is 1160. The summed E-state index contributed by atoms with van der Waals surface area (Å²) in [6, 6.07) is 4.33. The Kier molecular flexibility index (Phi) is 6.04. The summed E-state index contributed by atoms with van der Waals surface area (Å²) >= 11 is 0. The van der Waals surface area contributed by atoms with Crippen LogP contribution < -0.4 is 0 Å².